The summed E-state index contributed by atoms with van der Waals surface area (Å²) in [5.74, 6) is 0.312. The fourth-order valence-corrected chi connectivity index (χ4v) is 1.94. The maximum absolute atomic E-state index is 12.3. The minimum absolute atomic E-state index is 0.300. The number of anilines is 2. The Balaban J connectivity index is 1.92. The molecule has 0 spiro atoms. The van der Waals surface area contributed by atoms with E-state index in [4.69, 9.17) is 0 Å². The fourth-order valence-electron chi connectivity index (χ4n) is 1.94. The summed E-state index contributed by atoms with van der Waals surface area (Å²) in [5, 5.41) is 5.79. The van der Waals surface area contributed by atoms with E-state index in [-0.39, 0.29) is 5.91 Å². The average molecular weight is 294 g/mol. The first-order chi connectivity index (χ1) is 10.8. The number of hydrogen-bond donors (Lipinski definition) is 2. The molecule has 22 heavy (non-hydrogen) atoms. The van der Waals surface area contributed by atoms with Gasteiger partial charge in [0.2, 0.25) is 0 Å². The van der Waals surface area contributed by atoms with Gasteiger partial charge in [0.25, 0.3) is 5.91 Å². The molecule has 7 heteroatoms. The molecule has 3 rings (SSSR count). The smallest absolute Gasteiger partial charge is 0.274 e. The van der Waals surface area contributed by atoms with Crippen molar-refractivity contribution >= 4 is 17.3 Å². The predicted octanol–water partition coefficient (Wildman–Crippen LogP) is 1.96. The Labute approximate surface area is 127 Å². The summed E-state index contributed by atoms with van der Waals surface area (Å²) in [4.78, 5) is 24.7. The second-order valence-electron chi connectivity index (χ2n) is 4.52. The topological polar surface area (TPSA) is 84.7 Å². The molecule has 3 aromatic rings. The van der Waals surface area contributed by atoms with Crippen molar-refractivity contribution in [1.29, 1.82) is 0 Å². The third-order valence-electron chi connectivity index (χ3n) is 3.02. The number of nitrogens with one attached hydrogen (secondary N) is 2. The summed E-state index contributed by atoms with van der Waals surface area (Å²) in [6.07, 6.45) is 8.28. The van der Waals surface area contributed by atoms with Crippen LogP contribution in [0.3, 0.4) is 0 Å². The van der Waals surface area contributed by atoms with Crippen LogP contribution in [-0.4, -0.2) is 32.5 Å². The Kier molecular flexibility index (Phi) is 3.78. The van der Waals surface area contributed by atoms with E-state index in [0.717, 1.165) is 5.69 Å². The van der Waals surface area contributed by atoms with Gasteiger partial charge in [-0.25, -0.2) is 9.97 Å². The summed E-state index contributed by atoms with van der Waals surface area (Å²) in [7, 11) is 1.79. The highest BCUT2D eigenvalue weighted by molar-refractivity contribution is 6.03. The lowest BCUT2D eigenvalue weighted by molar-refractivity contribution is 0.102. The van der Waals surface area contributed by atoms with Crippen molar-refractivity contribution in [1.82, 2.24) is 19.5 Å². The Morgan fingerprint density at radius 1 is 1.18 bits per heavy atom. The molecule has 7 nitrogen and oxygen atoms in total. The molecule has 1 amide bonds. The Morgan fingerprint density at radius 3 is 2.77 bits per heavy atom. The van der Waals surface area contributed by atoms with Gasteiger partial charge in [-0.3, -0.25) is 14.3 Å². The zero-order chi connectivity index (χ0) is 15.4. The summed E-state index contributed by atoms with van der Waals surface area (Å²) >= 11 is 0. The number of hydrogen-bond acceptors (Lipinski definition) is 5. The minimum atomic E-state index is -0.300. The molecule has 3 aromatic heterocycles. The van der Waals surface area contributed by atoms with Gasteiger partial charge < -0.3 is 10.6 Å². The maximum Gasteiger partial charge on any atom is 0.274 e. The number of rotatable bonds is 4. The third-order valence-corrected chi connectivity index (χ3v) is 3.02. The molecule has 0 aliphatic rings. The summed E-state index contributed by atoms with van der Waals surface area (Å²) < 4.78 is 1.74. The van der Waals surface area contributed by atoms with Crippen molar-refractivity contribution in [2.45, 2.75) is 0 Å². The lowest BCUT2D eigenvalue weighted by Crippen LogP contribution is -2.15. The monoisotopic (exact) mass is 294 g/mol. The van der Waals surface area contributed by atoms with E-state index < -0.39 is 0 Å². The van der Waals surface area contributed by atoms with Gasteiger partial charge >= 0.3 is 0 Å². The molecule has 2 N–H and O–H groups in total. The van der Waals surface area contributed by atoms with E-state index in [0.29, 0.717) is 17.2 Å². The van der Waals surface area contributed by atoms with Crippen LogP contribution in [0.15, 0.2) is 55.4 Å². The van der Waals surface area contributed by atoms with E-state index >= 15 is 0 Å². The molecule has 110 valence electrons. The molecule has 0 bridgehead atoms. The number of aromatic nitrogens is 4. The van der Waals surface area contributed by atoms with Crippen molar-refractivity contribution < 1.29 is 4.79 Å². The molecular formula is C15H14N6O. The third kappa shape index (κ3) is 2.93. The van der Waals surface area contributed by atoms with Gasteiger partial charge in [0.1, 0.15) is 17.8 Å². The van der Waals surface area contributed by atoms with Crippen molar-refractivity contribution in [3.05, 3.63) is 61.1 Å². The van der Waals surface area contributed by atoms with Gasteiger partial charge in [-0.2, -0.15) is 0 Å². The predicted molar refractivity (Wildman–Crippen MR) is 83.1 cm³/mol. The van der Waals surface area contributed by atoms with Crippen LogP contribution in [0.25, 0.3) is 5.82 Å². The second kappa shape index (κ2) is 6.04. The van der Waals surface area contributed by atoms with Gasteiger partial charge in [-0.1, -0.05) is 0 Å². The largest absolute Gasteiger partial charge is 0.388 e. The molecule has 0 aromatic carbocycles. The minimum Gasteiger partial charge on any atom is -0.388 e. The van der Waals surface area contributed by atoms with Gasteiger partial charge in [0, 0.05) is 37.4 Å². The molecule has 0 atom stereocenters. The maximum atomic E-state index is 12.3. The molecule has 0 saturated carbocycles. The molecule has 0 saturated heterocycles. The highest BCUT2D eigenvalue weighted by atomic mass is 16.1. The zero-order valence-corrected chi connectivity index (χ0v) is 11.9. The number of nitrogens with zero attached hydrogens (tertiary/aromatic N) is 4. The Morgan fingerprint density at radius 2 is 2.09 bits per heavy atom. The first kappa shape index (κ1) is 13.7. The van der Waals surface area contributed by atoms with Crippen LogP contribution in [0, 0.1) is 0 Å². The van der Waals surface area contributed by atoms with Crippen molar-refractivity contribution in [2.75, 3.05) is 17.7 Å². The quantitative estimate of drug-likeness (QED) is 0.768. The van der Waals surface area contributed by atoms with Crippen molar-refractivity contribution in [3.63, 3.8) is 0 Å². The van der Waals surface area contributed by atoms with Crippen molar-refractivity contribution in [3.8, 4) is 5.82 Å². The highest BCUT2D eigenvalue weighted by Crippen LogP contribution is 2.15. The average Bonchev–Trinajstić information content (AvgIpc) is 3.10. The van der Waals surface area contributed by atoms with E-state index in [2.05, 4.69) is 25.6 Å². The summed E-state index contributed by atoms with van der Waals surface area (Å²) in [6, 6.07) is 7.04. The second-order valence-corrected chi connectivity index (χ2v) is 4.52. The number of pyridine rings is 2. The summed E-state index contributed by atoms with van der Waals surface area (Å²) in [6.45, 7) is 0. The standard InChI is InChI=1S/C15H14N6O/c1-16-12-7-13(15(22)19-11-3-2-4-17-9-11)20-14(8-12)21-6-5-18-10-21/h2-10H,1H3,(H,16,20)(H,19,22). The SMILES string of the molecule is CNc1cc(C(=O)Nc2cccnc2)nc(-n2ccnc2)c1. The van der Waals surface area contributed by atoms with Crippen LogP contribution >= 0.6 is 0 Å². The molecule has 0 aliphatic carbocycles. The van der Waals surface area contributed by atoms with Gasteiger partial charge in [-0.05, 0) is 18.2 Å². The molecule has 0 unspecified atom stereocenters. The lowest BCUT2D eigenvalue weighted by Gasteiger charge is -2.09. The van der Waals surface area contributed by atoms with Crippen LogP contribution in [0.5, 0.6) is 0 Å². The van der Waals surface area contributed by atoms with E-state index in [9.17, 15) is 4.79 Å². The van der Waals surface area contributed by atoms with Crippen LogP contribution in [0.2, 0.25) is 0 Å². The van der Waals surface area contributed by atoms with E-state index in [1.807, 2.05) is 6.07 Å². The van der Waals surface area contributed by atoms with Crippen LogP contribution < -0.4 is 10.6 Å². The van der Waals surface area contributed by atoms with Gasteiger partial charge in [0.05, 0.1) is 11.9 Å². The molecule has 0 fully saturated rings. The van der Waals surface area contributed by atoms with E-state index in [1.165, 1.54) is 0 Å². The molecule has 0 radical (unpaired) electrons. The van der Waals surface area contributed by atoms with Crippen molar-refractivity contribution in [2.24, 2.45) is 0 Å². The first-order valence-corrected chi connectivity index (χ1v) is 6.66. The number of carbonyl (C=O) groups is 1. The first-order valence-electron chi connectivity index (χ1n) is 6.66. The highest BCUT2D eigenvalue weighted by Gasteiger charge is 2.11. The van der Waals surface area contributed by atoms with Crippen LogP contribution in [0.4, 0.5) is 11.4 Å². The molecule has 3 heterocycles. The fraction of sp³-hybridized carbons (Fsp3) is 0.0667. The summed E-state index contributed by atoms with van der Waals surface area (Å²) in [5.41, 5.74) is 1.71. The van der Waals surface area contributed by atoms with Gasteiger partial charge in [0.15, 0.2) is 0 Å². The normalized spacial score (nSPS) is 10.2. The van der Waals surface area contributed by atoms with Crippen LogP contribution in [0.1, 0.15) is 10.5 Å². The Hall–Kier alpha value is -3.22. The number of amides is 1. The van der Waals surface area contributed by atoms with Gasteiger partial charge in [-0.15, -0.1) is 0 Å². The molecule has 0 aliphatic heterocycles. The lowest BCUT2D eigenvalue weighted by atomic mass is 10.2. The number of carbonyl (C=O) groups excluding carboxylic acids is 1. The van der Waals surface area contributed by atoms with Crippen LogP contribution in [-0.2, 0) is 0 Å². The van der Waals surface area contributed by atoms with E-state index in [1.54, 1.807) is 60.9 Å². The zero-order valence-electron chi connectivity index (χ0n) is 11.9. The Bertz CT molecular complexity index is 770. The number of imidazole rings is 1. The molecular weight excluding hydrogens is 280 g/mol.